The van der Waals surface area contributed by atoms with E-state index in [1.165, 1.54) is 18.2 Å². The molecule has 1 aliphatic heterocycles. The molecule has 0 saturated heterocycles. The third-order valence-corrected chi connectivity index (χ3v) is 7.74. The van der Waals surface area contributed by atoms with Gasteiger partial charge in [-0.3, -0.25) is 9.59 Å². The Morgan fingerprint density at radius 2 is 1.93 bits per heavy atom. The molecule has 0 unspecified atom stereocenters. The topological polar surface area (TPSA) is 49.4 Å². The summed E-state index contributed by atoms with van der Waals surface area (Å²) in [4.78, 5) is 28.5. The van der Waals surface area contributed by atoms with Gasteiger partial charge in [0.2, 0.25) is 5.91 Å². The van der Waals surface area contributed by atoms with Gasteiger partial charge in [-0.2, -0.15) is 0 Å². The summed E-state index contributed by atoms with van der Waals surface area (Å²) in [6.07, 6.45) is 3.41. The molecule has 1 saturated carbocycles. The first-order chi connectivity index (χ1) is 14.4. The normalized spacial score (nSPS) is 23.8. The van der Waals surface area contributed by atoms with Crippen LogP contribution in [0, 0.1) is 11.8 Å². The Balaban J connectivity index is 1.56. The average Bonchev–Trinajstić information content (AvgIpc) is 2.74. The molecular formula is C24H27ClN2O2S. The number of benzene rings is 2. The van der Waals surface area contributed by atoms with Crippen LogP contribution >= 0.6 is 23.4 Å². The highest BCUT2D eigenvalue weighted by molar-refractivity contribution is 8.00. The molecule has 1 N–H and O–H groups in total. The number of hydrogen-bond donors (Lipinski definition) is 1. The quantitative estimate of drug-likeness (QED) is 0.676. The van der Waals surface area contributed by atoms with Crippen molar-refractivity contribution in [2.45, 2.75) is 50.6 Å². The molecule has 0 radical (unpaired) electrons. The minimum Gasteiger partial charge on any atom is -0.349 e. The van der Waals surface area contributed by atoms with Gasteiger partial charge in [-0.05, 0) is 54.2 Å². The molecule has 2 aliphatic rings. The molecule has 2 aromatic rings. The van der Waals surface area contributed by atoms with Crippen molar-refractivity contribution in [3.63, 3.8) is 0 Å². The summed E-state index contributed by atoms with van der Waals surface area (Å²) in [5.74, 6) is 1.49. The standard InChI is InChI=1S/C24H27ClN2O2S/c1-15-4-3-5-20(16(15)2)26-24(29)18-8-11-22-21(12-18)27(23(28)14-30-22)13-17-6-9-19(25)10-7-17/h6-12,15-16,20H,3-5,13-14H2,1-2H3,(H,26,29)/t15-,16+,20-/m0/s1. The second-order valence-electron chi connectivity index (χ2n) is 8.42. The van der Waals surface area contributed by atoms with Gasteiger partial charge in [-0.1, -0.05) is 50.4 Å². The fraction of sp³-hybridized carbons (Fsp3) is 0.417. The molecule has 158 valence electrons. The highest BCUT2D eigenvalue weighted by atomic mass is 35.5. The van der Waals surface area contributed by atoms with Crippen LogP contribution in [0.2, 0.25) is 5.02 Å². The minimum absolute atomic E-state index is 0.0507. The fourth-order valence-electron chi connectivity index (χ4n) is 4.33. The molecule has 2 amide bonds. The first-order valence-electron chi connectivity index (χ1n) is 10.5. The van der Waals surface area contributed by atoms with E-state index in [9.17, 15) is 9.59 Å². The molecule has 4 nitrogen and oxygen atoms in total. The van der Waals surface area contributed by atoms with Gasteiger partial charge in [-0.25, -0.2) is 0 Å². The predicted molar refractivity (Wildman–Crippen MR) is 123 cm³/mol. The van der Waals surface area contributed by atoms with Crippen LogP contribution in [-0.4, -0.2) is 23.6 Å². The Bertz CT molecular complexity index is 947. The molecular weight excluding hydrogens is 416 g/mol. The lowest BCUT2D eigenvalue weighted by molar-refractivity contribution is -0.116. The summed E-state index contributed by atoms with van der Waals surface area (Å²) in [5.41, 5.74) is 2.42. The number of anilines is 1. The van der Waals surface area contributed by atoms with Crippen molar-refractivity contribution in [2.24, 2.45) is 11.8 Å². The molecule has 0 aromatic heterocycles. The van der Waals surface area contributed by atoms with Crippen LogP contribution in [0.4, 0.5) is 5.69 Å². The summed E-state index contributed by atoms with van der Waals surface area (Å²) in [7, 11) is 0. The van der Waals surface area contributed by atoms with E-state index < -0.39 is 0 Å². The van der Waals surface area contributed by atoms with Crippen molar-refractivity contribution >= 4 is 40.9 Å². The van der Waals surface area contributed by atoms with Gasteiger partial charge in [0.15, 0.2) is 0 Å². The number of amides is 2. The smallest absolute Gasteiger partial charge is 0.251 e. The number of hydrogen-bond acceptors (Lipinski definition) is 3. The van der Waals surface area contributed by atoms with Crippen LogP contribution in [0.15, 0.2) is 47.4 Å². The Morgan fingerprint density at radius 1 is 1.17 bits per heavy atom. The van der Waals surface area contributed by atoms with Gasteiger partial charge in [0.1, 0.15) is 0 Å². The Kier molecular flexibility index (Phi) is 6.40. The van der Waals surface area contributed by atoms with Crippen molar-refractivity contribution in [2.75, 3.05) is 10.7 Å². The lowest BCUT2D eigenvalue weighted by Gasteiger charge is -2.34. The van der Waals surface area contributed by atoms with E-state index in [0.717, 1.165) is 29.0 Å². The van der Waals surface area contributed by atoms with Crippen LogP contribution in [-0.2, 0) is 11.3 Å². The predicted octanol–water partition coefficient (Wildman–Crippen LogP) is 5.53. The Labute approximate surface area is 187 Å². The number of halogens is 1. The monoisotopic (exact) mass is 442 g/mol. The molecule has 0 spiro atoms. The summed E-state index contributed by atoms with van der Waals surface area (Å²) >= 11 is 7.52. The number of nitrogens with one attached hydrogen (secondary N) is 1. The zero-order valence-corrected chi connectivity index (χ0v) is 18.9. The van der Waals surface area contributed by atoms with E-state index >= 15 is 0 Å². The van der Waals surface area contributed by atoms with Crippen LogP contribution in [0.25, 0.3) is 0 Å². The zero-order valence-electron chi connectivity index (χ0n) is 17.4. The molecule has 2 aromatic carbocycles. The zero-order chi connectivity index (χ0) is 21.3. The highest BCUT2D eigenvalue weighted by Gasteiger charge is 2.30. The van der Waals surface area contributed by atoms with Gasteiger partial charge in [0.25, 0.3) is 5.91 Å². The van der Waals surface area contributed by atoms with Crippen LogP contribution in [0.1, 0.15) is 49.0 Å². The Hall–Kier alpha value is -1.98. The van der Waals surface area contributed by atoms with E-state index in [4.69, 9.17) is 11.6 Å². The SMILES string of the molecule is C[C@H]1[C@@H](NC(=O)c2ccc3c(c2)N(Cc2ccc(Cl)cc2)C(=O)CS3)CCC[C@@H]1C. The summed E-state index contributed by atoms with van der Waals surface area (Å²) in [6, 6.07) is 13.4. The van der Waals surface area contributed by atoms with E-state index in [-0.39, 0.29) is 17.9 Å². The third-order valence-electron chi connectivity index (χ3n) is 6.44. The van der Waals surface area contributed by atoms with Gasteiger partial charge < -0.3 is 10.2 Å². The largest absolute Gasteiger partial charge is 0.349 e. The molecule has 6 heteroatoms. The third kappa shape index (κ3) is 4.52. The summed E-state index contributed by atoms with van der Waals surface area (Å²) in [5, 5.41) is 3.91. The lowest BCUT2D eigenvalue weighted by atomic mass is 9.78. The first kappa shape index (κ1) is 21.3. The number of rotatable bonds is 4. The van der Waals surface area contributed by atoms with Gasteiger partial charge in [0.05, 0.1) is 18.0 Å². The van der Waals surface area contributed by atoms with Crippen LogP contribution < -0.4 is 10.2 Å². The highest BCUT2D eigenvalue weighted by Crippen LogP contribution is 2.37. The maximum absolute atomic E-state index is 13.0. The number of fused-ring (bicyclic) bond motifs is 1. The number of thioether (sulfide) groups is 1. The number of carbonyl (C=O) groups excluding carboxylic acids is 2. The van der Waals surface area contributed by atoms with E-state index in [2.05, 4.69) is 19.2 Å². The van der Waals surface area contributed by atoms with Crippen molar-refractivity contribution in [3.8, 4) is 0 Å². The first-order valence-corrected chi connectivity index (χ1v) is 11.9. The lowest BCUT2D eigenvalue weighted by Crippen LogP contribution is -2.43. The second-order valence-corrected chi connectivity index (χ2v) is 9.88. The summed E-state index contributed by atoms with van der Waals surface area (Å²) < 4.78 is 0. The maximum Gasteiger partial charge on any atom is 0.251 e. The van der Waals surface area contributed by atoms with Gasteiger partial charge in [0, 0.05) is 21.5 Å². The maximum atomic E-state index is 13.0. The molecule has 1 fully saturated rings. The van der Waals surface area contributed by atoms with E-state index in [1.54, 1.807) is 4.90 Å². The van der Waals surface area contributed by atoms with Crippen molar-refractivity contribution in [1.82, 2.24) is 5.32 Å². The molecule has 4 rings (SSSR count). The number of nitrogens with zero attached hydrogens (tertiary/aromatic N) is 1. The van der Waals surface area contributed by atoms with Crippen molar-refractivity contribution < 1.29 is 9.59 Å². The number of carbonyl (C=O) groups is 2. The van der Waals surface area contributed by atoms with Gasteiger partial charge >= 0.3 is 0 Å². The van der Waals surface area contributed by atoms with E-state index in [0.29, 0.717) is 34.7 Å². The second kappa shape index (κ2) is 9.03. The van der Waals surface area contributed by atoms with Crippen LogP contribution in [0.5, 0.6) is 0 Å². The molecule has 30 heavy (non-hydrogen) atoms. The summed E-state index contributed by atoms with van der Waals surface area (Å²) in [6.45, 7) is 4.95. The van der Waals surface area contributed by atoms with Crippen LogP contribution in [0.3, 0.4) is 0 Å². The Morgan fingerprint density at radius 3 is 2.70 bits per heavy atom. The van der Waals surface area contributed by atoms with Crippen molar-refractivity contribution in [3.05, 3.63) is 58.6 Å². The molecule has 1 aliphatic carbocycles. The molecule has 0 bridgehead atoms. The molecule has 1 heterocycles. The fourth-order valence-corrected chi connectivity index (χ4v) is 5.37. The molecule has 3 atom stereocenters. The van der Waals surface area contributed by atoms with Gasteiger partial charge in [-0.15, -0.1) is 11.8 Å². The minimum atomic E-state index is -0.0572. The average molecular weight is 443 g/mol. The van der Waals surface area contributed by atoms with E-state index in [1.807, 2.05) is 42.5 Å². The van der Waals surface area contributed by atoms with Crippen molar-refractivity contribution in [1.29, 1.82) is 0 Å².